The third-order valence-electron chi connectivity index (χ3n) is 4.21. The van der Waals surface area contributed by atoms with E-state index in [0.717, 1.165) is 17.7 Å². The van der Waals surface area contributed by atoms with Crippen LogP contribution in [0, 0.1) is 0 Å². The van der Waals surface area contributed by atoms with Crippen LogP contribution in [0.15, 0.2) is 0 Å². The molecular weight excluding hydrogens is 290 g/mol. The van der Waals surface area contributed by atoms with Crippen LogP contribution in [0.3, 0.4) is 0 Å². The topological polar surface area (TPSA) is 116 Å². The van der Waals surface area contributed by atoms with E-state index in [1.54, 1.807) is 0 Å². The fourth-order valence-electron chi connectivity index (χ4n) is 2.97. The van der Waals surface area contributed by atoms with Crippen molar-refractivity contribution in [2.24, 2.45) is 0 Å². The van der Waals surface area contributed by atoms with Crippen LogP contribution in [0.4, 0.5) is 4.79 Å². The summed E-state index contributed by atoms with van der Waals surface area (Å²) in [5.74, 6) is -1.95. The molecule has 0 bridgehead atoms. The highest BCUT2D eigenvalue weighted by Gasteiger charge is 2.38. The fourth-order valence-corrected chi connectivity index (χ4v) is 2.97. The number of carboxylic acid groups (broad SMARTS) is 1. The lowest BCUT2D eigenvalue weighted by Crippen LogP contribution is -2.44. The third kappa shape index (κ3) is 3.55. The number of carbonyl (C=O) groups excluding carboxylic acids is 3. The number of aliphatic carboxylic acids is 1. The number of hydrogen-bond acceptors (Lipinski definition) is 4. The number of amides is 4. The van der Waals surface area contributed by atoms with Crippen LogP contribution in [-0.2, 0) is 14.4 Å². The van der Waals surface area contributed by atoms with Gasteiger partial charge in [0, 0.05) is 18.9 Å². The molecule has 0 aromatic rings. The average molecular weight is 311 g/mol. The molecule has 2 fully saturated rings. The highest BCUT2D eigenvalue weighted by molar-refractivity contribution is 6.04. The molecule has 2 heterocycles. The van der Waals surface area contributed by atoms with E-state index in [-0.39, 0.29) is 37.4 Å². The zero-order chi connectivity index (χ0) is 16.3. The molecule has 0 aromatic heterocycles. The molecule has 0 aromatic carbocycles. The molecule has 0 aliphatic carbocycles. The Morgan fingerprint density at radius 1 is 1.23 bits per heavy atom. The summed E-state index contributed by atoms with van der Waals surface area (Å²) in [5, 5.41) is 14.8. The standard InChI is InChI=1S/C14H21N3O5/c1-8-9(16-14(22)15-8)4-2-3-5-10(13(20)21)17-11(18)6-7-12(17)19/h8-10H,2-7H2,1H3,(H,20,21)(H2,15,16,22)/t8-,9+,10?/m0/s1. The molecule has 0 radical (unpaired) electrons. The number of likely N-dealkylation sites (tertiary alicyclic amines) is 1. The predicted molar refractivity (Wildman–Crippen MR) is 75.9 cm³/mol. The first-order chi connectivity index (χ1) is 10.4. The summed E-state index contributed by atoms with van der Waals surface area (Å²) in [7, 11) is 0. The molecule has 4 amide bonds. The number of nitrogens with one attached hydrogen (secondary N) is 2. The van der Waals surface area contributed by atoms with Crippen molar-refractivity contribution >= 4 is 23.8 Å². The van der Waals surface area contributed by atoms with Crippen LogP contribution in [0.1, 0.15) is 45.4 Å². The van der Waals surface area contributed by atoms with Gasteiger partial charge in [0.2, 0.25) is 11.8 Å². The lowest BCUT2D eigenvalue weighted by Gasteiger charge is -2.22. The van der Waals surface area contributed by atoms with Gasteiger partial charge >= 0.3 is 12.0 Å². The summed E-state index contributed by atoms with van der Waals surface area (Å²) in [6.07, 6.45) is 2.47. The minimum atomic E-state index is -1.15. The van der Waals surface area contributed by atoms with E-state index in [1.807, 2.05) is 6.92 Å². The van der Waals surface area contributed by atoms with Crippen molar-refractivity contribution in [1.29, 1.82) is 0 Å². The molecule has 3 N–H and O–H groups in total. The Morgan fingerprint density at radius 2 is 1.86 bits per heavy atom. The Labute approximate surface area is 128 Å². The maximum atomic E-state index is 11.6. The van der Waals surface area contributed by atoms with Crippen molar-refractivity contribution in [2.75, 3.05) is 0 Å². The number of carboxylic acids is 1. The Bertz CT molecular complexity index is 477. The van der Waals surface area contributed by atoms with Crippen LogP contribution < -0.4 is 10.6 Å². The van der Waals surface area contributed by atoms with Crippen molar-refractivity contribution in [3.8, 4) is 0 Å². The minimum Gasteiger partial charge on any atom is -0.480 e. The van der Waals surface area contributed by atoms with Gasteiger partial charge in [0.05, 0.1) is 6.04 Å². The number of imide groups is 1. The summed E-state index contributed by atoms with van der Waals surface area (Å²) < 4.78 is 0. The number of unbranched alkanes of at least 4 members (excludes halogenated alkanes) is 1. The van der Waals surface area contributed by atoms with Crippen molar-refractivity contribution in [1.82, 2.24) is 15.5 Å². The molecular formula is C14H21N3O5. The molecule has 0 spiro atoms. The largest absolute Gasteiger partial charge is 0.480 e. The Hall–Kier alpha value is -2.12. The first-order valence-electron chi connectivity index (χ1n) is 7.55. The number of rotatable bonds is 7. The molecule has 3 atom stereocenters. The summed E-state index contributed by atoms with van der Waals surface area (Å²) in [6.45, 7) is 1.91. The molecule has 122 valence electrons. The van der Waals surface area contributed by atoms with Crippen LogP contribution in [-0.4, -0.2) is 51.9 Å². The van der Waals surface area contributed by atoms with Crippen LogP contribution in [0.2, 0.25) is 0 Å². The van der Waals surface area contributed by atoms with Crippen molar-refractivity contribution in [3.63, 3.8) is 0 Å². The van der Waals surface area contributed by atoms with E-state index in [0.29, 0.717) is 6.42 Å². The molecule has 8 nitrogen and oxygen atoms in total. The van der Waals surface area contributed by atoms with Gasteiger partial charge in [0.25, 0.3) is 0 Å². The molecule has 8 heteroatoms. The van der Waals surface area contributed by atoms with Crippen molar-refractivity contribution < 1.29 is 24.3 Å². The monoisotopic (exact) mass is 311 g/mol. The molecule has 1 unspecified atom stereocenters. The van der Waals surface area contributed by atoms with E-state index >= 15 is 0 Å². The fraction of sp³-hybridized carbons (Fsp3) is 0.714. The van der Waals surface area contributed by atoms with E-state index in [2.05, 4.69) is 10.6 Å². The van der Waals surface area contributed by atoms with Gasteiger partial charge in [-0.1, -0.05) is 12.8 Å². The van der Waals surface area contributed by atoms with Gasteiger partial charge in [-0.15, -0.1) is 0 Å². The minimum absolute atomic E-state index is 0.0332. The number of urea groups is 1. The van der Waals surface area contributed by atoms with Gasteiger partial charge in [-0.25, -0.2) is 9.59 Å². The Morgan fingerprint density at radius 3 is 2.36 bits per heavy atom. The third-order valence-corrected chi connectivity index (χ3v) is 4.21. The maximum Gasteiger partial charge on any atom is 0.326 e. The zero-order valence-electron chi connectivity index (χ0n) is 12.5. The summed E-state index contributed by atoms with van der Waals surface area (Å²) in [6, 6.07) is -1.18. The first kappa shape index (κ1) is 16.3. The van der Waals surface area contributed by atoms with Gasteiger partial charge in [-0.05, 0) is 19.8 Å². The second-order valence-electron chi connectivity index (χ2n) is 5.81. The van der Waals surface area contributed by atoms with Gasteiger partial charge in [0.1, 0.15) is 6.04 Å². The summed E-state index contributed by atoms with van der Waals surface area (Å²) >= 11 is 0. The van der Waals surface area contributed by atoms with E-state index in [1.165, 1.54) is 0 Å². The van der Waals surface area contributed by atoms with Crippen molar-refractivity contribution in [3.05, 3.63) is 0 Å². The van der Waals surface area contributed by atoms with Gasteiger partial charge in [0.15, 0.2) is 0 Å². The second-order valence-corrected chi connectivity index (χ2v) is 5.81. The van der Waals surface area contributed by atoms with E-state index < -0.39 is 23.8 Å². The van der Waals surface area contributed by atoms with E-state index in [4.69, 9.17) is 0 Å². The quantitative estimate of drug-likeness (QED) is 0.459. The predicted octanol–water partition coefficient (Wildman–Crippen LogP) is 0.219. The average Bonchev–Trinajstić information content (AvgIpc) is 2.93. The summed E-state index contributed by atoms with van der Waals surface area (Å²) in [5.41, 5.74) is 0. The van der Waals surface area contributed by atoms with Crippen molar-refractivity contribution in [2.45, 2.75) is 63.6 Å². The summed E-state index contributed by atoms with van der Waals surface area (Å²) in [4.78, 5) is 46.6. The number of hydrogen-bond donors (Lipinski definition) is 3. The van der Waals surface area contributed by atoms with Gasteiger partial charge in [-0.3, -0.25) is 14.5 Å². The highest BCUT2D eigenvalue weighted by atomic mass is 16.4. The number of nitrogens with zero attached hydrogens (tertiary/aromatic N) is 1. The SMILES string of the molecule is C[C@@H]1NC(=O)N[C@@H]1CCCCC(C(=O)O)N1C(=O)CCC1=O. The molecule has 22 heavy (non-hydrogen) atoms. The number of carbonyl (C=O) groups is 4. The lowest BCUT2D eigenvalue weighted by atomic mass is 10.0. The Balaban J connectivity index is 1.80. The van der Waals surface area contributed by atoms with Crippen LogP contribution in [0.25, 0.3) is 0 Å². The van der Waals surface area contributed by atoms with Gasteiger partial charge < -0.3 is 15.7 Å². The molecule has 2 aliphatic heterocycles. The molecule has 2 saturated heterocycles. The maximum absolute atomic E-state index is 11.6. The van der Waals surface area contributed by atoms with Gasteiger partial charge in [-0.2, -0.15) is 0 Å². The first-order valence-corrected chi connectivity index (χ1v) is 7.55. The normalized spacial score (nSPS) is 26.0. The highest BCUT2D eigenvalue weighted by Crippen LogP contribution is 2.20. The lowest BCUT2D eigenvalue weighted by molar-refractivity contribution is -0.154. The second kappa shape index (κ2) is 6.76. The Kier molecular flexibility index (Phi) is 4.99. The van der Waals surface area contributed by atoms with E-state index in [9.17, 15) is 24.3 Å². The van der Waals surface area contributed by atoms with Crippen LogP contribution in [0.5, 0.6) is 0 Å². The molecule has 2 aliphatic rings. The molecule has 2 rings (SSSR count). The molecule has 0 saturated carbocycles. The van der Waals surface area contributed by atoms with Crippen LogP contribution >= 0.6 is 0 Å². The zero-order valence-corrected chi connectivity index (χ0v) is 12.5. The smallest absolute Gasteiger partial charge is 0.326 e.